The molecule has 0 bridgehead atoms. The summed E-state index contributed by atoms with van der Waals surface area (Å²) in [6, 6.07) is 9.90. The van der Waals surface area contributed by atoms with Crippen molar-refractivity contribution in [3.05, 3.63) is 62.7 Å². The van der Waals surface area contributed by atoms with E-state index in [0.29, 0.717) is 32.1 Å². The third-order valence-electron chi connectivity index (χ3n) is 4.10. The quantitative estimate of drug-likeness (QED) is 0.315. The van der Waals surface area contributed by atoms with Gasteiger partial charge in [-0.25, -0.2) is 0 Å². The van der Waals surface area contributed by atoms with Crippen LogP contribution in [0.15, 0.2) is 51.7 Å². The molecule has 0 saturated carbocycles. The predicted octanol–water partition coefficient (Wildman–Crippen LogP) is 4.99. The molecule has 2 aromatic carbocycles. The first-order chi connectivity index (χ1) is 12.3. The van der Waals surface area contributed by atoms with Gasteiger partial charge in [-0.05, 0) is 24.3 Å². The Bertz CT molecular complexity index is 1210. The van der Waals surface area contributed by atoms with Gasteiger partial charge in [-0.1, -0.05) is 29.3 Å². The second-order valence-electron chi connectivity index (χ2n) is 5.75. The first-order valence-corrected chi connectivity index (χ1v) is 8.21. The van der Waals surface area contributed by atoms with Crippen LogP contribution < -0.4 is 5.43 Å². The van der Waals surface area contributed by atoms with Crippen molar-refractivity contribution in [2.24, 2.45) is 0 Å². The fraction of sp³-hybridized carbons (Fsp3) is 0. The second kappa shape index (κ2) is 5.83. The summed E-state index contributed by atoms with van der Waals surface area (Å²) in [6.07, 6.45) is 0. The Labute approximate surface area is 156 Å². The summed E-state index contributed by atoms with van der Waals surface area (Å²) in [6.45, 7) is 0. The number of hydrogen-bond acceptors (Lipinski definition) is 5. The summed E-state index contributed by atoms with van der Waals surface area (Å²) in [4.78, 5) is 11.8. The van der Waals surface area contributed by atoms with E-state index in [1.807, 2.05) is 0 Å². The molecule has 0 radical (unpaired) electrons. The van der Waals surface area contributed by atoms with Crippen LogP contribution in [0.2, 0.25) is 10.0 Å². The molecular weight excluding hydrogens is 379 g/mol. The smallest absolute Gasteiger partial charge is 0.223 e. The zero-order chi connectivity index (χ0) is 18.6. The number of fused-ring (bicyclic) bond motifs is 2. The molecule has 1 aliphatic heterocycles. The maximum Gasteiger partial charge on any atom is 0.223 e. The Kier molecular flexibility index (Phi) is 3.72. The maximum atomic E-state index is 11.8. The largest absolute Gasteiger partial charge is 0.504 e. The van der Waals surface area contributed by atoms with Crippen molar-refractivity contribution in [1.82, 2.24) is 0 Å². The molecule has 0 atom stereocenters. The van der Waals surface area contributed by atoms with Gasteiger partial charge in [0.25, 0.3) is 0 Å². The van der Waals surface area contributed by atoms with Crippen LogP contribution >= 0.6 is 23.2 Å². The summed E-state index contributed by atoms with van der Waals surface area (Å²) in [5, 5.41) is 30.8. The number of aromatic hydroxyl groups is 3. The Morgan fingerprint density at radius 2 is 1.54 bits per heavy atom. The zero-order valence-corrected chi connectivity index (χ0v) is 14.5. The SMILES string of the molecule is O=c1cc2oc3cc(O)c(O)cc3c(-c3ccc(Cl)cc3Cl)c-2cc1O. The normalized spacial score (nSPS) is 11.3. The topological polar surface area (TPSA) is 90.9 Å². The summed E-state index contributed by atoms with van der Waals surface area (Å²) >= 11 is 12.3. The van der Waals surface area contributed by atoms with Crippen molar-refractivity contribution in [2.45, 2.75) is 0 Å². The number of halogens is 2. The van der Waals surface area contributed by atoms with E-state index in [-0.39, 0.29) is 22.8 Å². The Hall–Kier alpha value is -2.89. The van der Waals surface area contributed by atoms with Crippen LogP contribution in [0.1, 0.15) is 0 Å². The molecule has 0 saturated heterocycles. The van der Waals surface area contributed by atoms with Crippen LogP contribution in [-0.2, 0) is 0 Å². The highest BCUT2D eigenvalue weighted by Gasteiger charge is 2.22. The monoisotopic (exact) mass is 388 g/mol. The molecule has 7 heteroatoms. The Morgan fingerprint density at radius 1 is 0.808 bits per heavy atom. The Morgan fingerprint density at radius 3 is 2.27 bits per heavy atom. The lowest BCUT2D eigenvalue weighted by atomic mass is 9.93. The van der Waals surface area contributed by atoms with E-state index in [2.05, 4.69) is 0 Å². The van der Waals surface area contributed by atoms with E-state index in [0.717, 1.165) is 6.07 Å². The zero-order valence-electron chi connectivity index (χ0n) is 13.0. The minimum Gasteiger partial charge on any atom is -0.504 e. The van der Waals surface area contributed by atoms with Crippen molar-refractivity contribution in [1.29, 1.82) is 0 Å². The molecule has 130 valence electrons. The summed E-state index contributed by atoms with van der Waals surface area (Å²) < 4.78 is 5.69. The summed E-state index contributed by atoms with van der Waals surface area (Å²) in [5.41, 5.74) is 1.14. The van der Waals surface area contributed by atoms with E-state index in [1.54, 1.807) is 18.2 Å². The molecule has 2 aromatic rings. The summed E-state index contributed by atoms with van der Waals surface area (Å²) in [7, 11) is 0. The standard InChI is InChI=1S/C19H10Cl2O5/c20-8-1-2-9(12(21)3-8)19-10-4-13(22)15(24)6-17(10)26-18-7-16(25)14(23)5-11(18)19/h1-7,22-24H. The number of phenolic OH excluding ortho intramolecular Hbond substituents is 3. The molecule has 4 rings (SSSR count). The predicted molar refractivity (Wildman–Crippen MR) is 99.6 cm³/mol. The van der Waals surface area contributed by atoms with Crippen molar-refractivity contribution in [3.63, 3.8) is 0 Å². The fourth-order valence-electron chi connectivity index (χ4n) is 2.91. The lowest BCUT2D eigenvalue weighted by Crippen LogP contribution is -2.01. The van der Waals surface area contributed by atoms with Gasteiger partial charge in [0.2, 0.25) is 5.43 Å². The molecule has 1 aliphatic carbocycles. The van der Waals surface area contributed by atoms with E-state index in [1.165, 1.54) is 18.2 Å². The molecule has 26 heavy (non-hydrogen) atoms. The van der Waals surface area contributed by atoms with Gasteiger partial charge >= 0.3 is 0 Å². The minimum absolute atomic E-state index is 0.200. The van der Waals surface area contributed by atoms with Gasteiger partial charge in [0.05, 0.1) is 0 Å². The number of hydrogen-bond donors (Lipinski definition) is 3. The molecule has 0 aromatic heterocycles. The van der Waals surface area contributed by atoms with Crippen molar-refractivity contribution in [2.75, 3.05) is 0 Å². The maximum absolute atomic E-state index is 11.8. The molecule has 0 amide bonds. The van der Waals surface area contributed by atoms with E-state index in [4.69, 9.17) is 27.6 Å². The van der Waals surface area contributed by atoms with Crippen LogP contribution in [0.3, 0.4) is 0 Å². The summed E-state index contributed by atoms with van der Waals surface area (Å²) in [5.74, 6) is -0.953. The van der Waals surface area contributed by atoms with Gasteiger partial charge in [-0.15, -0.1) is 0 Å². The lowest BCUT2D eigenvalue weighted by molar-refractivity contribution is 0.404. The van der Waals surface area contributed by atoms with Crippen LogP contribution in [0, 0.1) is 0 Å². The highest BCUT2D eigenvalue weighted by atomic mass is 35.5. The molecule has 5 nitrogen and oxygen atoms in total. The van der Waals surface area contributed by atoms with E-state index >= 15 is 0 Å². The number of benzene rings is 3. The molecule has 3 N–H and O–H groups in total. The third-order valence-corrected chi connectivity index (χ3v) is 4.64. The molecule has 0 spiro atoms. The average molecular weight is 389 g/mol. The highest BCUT2D eigenvalue weighted by Crippen LogP contribution is 2.45. The molecule has 2 aliphatic rings. The van der Waals surface area contributed by atoms with E-state index < -0.39 is 11.2 Å². The van der Waals surface area contributed by atoms with Gasteiger partial charge in [0.1, 0.15) is 11.3 Å². The van der Waals surface area contributed by atoms with Crippen LogP contribution in [-0.4, -0.2) is 15.3 Å². The first-order valence-electron chi connectivity index (χ1n) is 7.46. The van der Waals surface area contributed by atoms with Crippen molar-refractivity contribution < 1.29 is 19.7 Å². The number of rotatable bonds is 1. The van der Waals surface area contributed by atoms with Gasteiger partial charge in [-0.3, -0.25) is 4.79 Å². The molecule has 0 fully saturated rings. The molecular formula is C19H10Cl2O5. The van der Waals surface area contributed by atoms with Crippen LogP contribution in [0.5, 0.6) is 17.2 Å². The molecule has 1 heterocycles. The average Bonchev–Trinajstić information content (AvgIpc) is 2.57. The first kappa shape index (κ1) is 16.6. The minimum atomic E-state index is -0.600. The van der Waals surface area contributed by atoms with Crippen molar-refractivity contribution >= 4 is 34.2 Å². The van der Waals surface area contributed by atoms with Gasteiger partial charge < -0.3 is 19.7 Å². The highest BCUT2D eigenvalue weighted by molar-refractivity contribution is 6.37. The lowest BCUT2D eigenvalue weighted by Gasteiger charge is -2.17. The van der Waals surface area contributed by atoms with Crippen LogP contribution in [0.25, 0.3) is 33.4 Å². The van der Waals surface area contributed by atoms with Crippen LogP contribution in [0.4, 0.5) is 0 Å². The van der Waals surface area contributed by atoms with Crippen molar-refractivity contribution in [3.8, 4) is 39.7 Å². The van der Waals surface area contributed by atoms with Gasteiger partial charge in [0.15, 0.2) is 17.2 Å². The fourth-order valence-corrected chi connectivity index (χ4v) is 3.42. The molecule has 0 unspecified atom stereocenters. The van der Waals surface area contributed by atoms with E-state index in [9.17, 15) is 20.1 Å². The van der Waals surface area contributed by atoms with Gasteiger partial charge in [-0.2, -0.15) is 0 Å². The number of phenols is 3. The second-order valence-corrected chi connectivity index (χ2v) is 6.60. The van der Waals surface area contributed by atoms with Gasteiger partial charge in [0, 0.05) is 44.3 Å². The Balaban J connectivity index is 2.25. The third kappa shape index (κ3) is 2.53.